The summed E-state index contributed by atoms with van der Waals surface area (Å²) in [7, 11) is 3.49. The van der Waals surface area contributed by atoms with E-state index in [4.69, 9.17) is 0 Å². The van der Waals surface area contributed by atoms with Crippen molar-refractivity contribution in [1.82, 2.24) is 10.3 Å². The Morgan fingerprint density at radius 3 is 2.41 bits per heavy atom. The number of hydrogen-bond donors (Lipinski definition) is 2. The van der Waals surface area contributed by atoms with Crippen molar-refractivity contribution in [3.63, 3.8) is 0 Å². The third-order valence-corrected chi connectivity index (χ3v) is 3.79. The van der Waals surface area contributed by atoms with Gasteiger partial charge in [0.15, 0.2) is 5.82 Å². The van der Waals surface area contributed by atoms with Crippen molar-refractivity contribution in [3.8, 4) is 0 Å². The lowest BCUT2D eigenvalue weighted by atomic mass is 9.76. The molecule has 0 bridgehead atoms. The number of amides is 2. The van der Waals surface area contributed by atoms with Crippen LogP contribution in [0.4, 0.5) is 29.5 Å². The predicted molar refractivity (Wildman–Crippen MR) is 78.1 cm³/mol. The molecule has 0 radical (unpaired) electrons. The molecule has 0 unspecified atom stereocenters. The Morgan fingerprint density at radius 2 is 1.95 bits per heavy atom. The zero-order valence-corrected chi connectivity index (χ0v) is 12.7. The van der Waals surface area contributed by atoms with Crippen molar-refractivity contribution in [2.45, 2.75) is 37.9 Å². The second kappa shape index (κ2) is 5.66. The Labute approximate surface area is 126 Å². The monoisotopic (exact) mass is 316 g/mol. The minimum absolute atomic E-state index is 0.0867. The molecule has 2 N–H and O–H groups in total. The van der Waals surface area contributed by atoms with Gasteiger partial charge in [0.2, 0.25) is 0 Å². The van der Waals surface area contributed by atoms with Crippen LogP contribution in [0.2, 0.25) is 0 Å². The van der Waals surface area contributed by atoms with Crippen LogP contribution >= 0.6 is 0 Å². The molecule has 1 aliphatic rings. The van der Waals surface area contributed by atoms with Crippen LogP contribution in [0.1, 0.15) is 25.0 Å². The molecule has 1 fully saturated rings. The van der Waals surface area contributed by atoms with E-state index in [0.29, 0.717) is 17.9 Å². The number of halogens is 3. The van der Waals surface area contributed by atoms with E-state index in [1.165, 1.54) is 0 Å². The lowest BCUT2D eigenvalue weighted by Gasteiger charge is -2.43. The largest absolute Gasteiger partial charge is 0.411 e. The van der Waals surface area contributed by atoms with E-state index < -0.39 is 17.7 Å². The first-order valence-corrected chi connectivity index (χ1v) is 6.95. The summed E-state index contributed by atoms with van der Waals surface area (Å²) in [6.07, 6.45) is -4.17. The van der Waals surface area contributed by atoms with Gasteiger partial charge >= 0.3 is 12.2 Å². The van der Waals surface area contributed by atoms with Gasteiger partial charge in [-0.15, -0.1) is 0 Å². The van der Waals surface area contributed by atoms with Gasteiger partial charge in [-0.05, 0) is 38.3 Å². The summed E-state index contributed by atoms with van der Waals surface area (Å²) in [4.78, 5) is 17.9. The van der Waals surface area contributed by atoms with Gasteiger partial charge in [-0.1, -0.05) is 0 Å². The Bertz CT molecular complexity index is 568. The van der Waals surface area contributed by atoms with Gasteiger partial charge in [0, 0.05) is 19.8 Å². The van der Waals surface area contributed by atoms with Crippen LogP contribution in [0.15, 0.2) is 12.1 Å². The number of carbonyl (C=O) groups excluding carboxylic acids is 1. The molecule has 1 saturated carbocycles. The van der Waals surface area contributed by atoms with Crippen molar-refractivity contribution in [2.75, 3.05) is 24.3 Å². The van der Waals surface area contributed by atoms with Gasteiger partial charge in [0.25, 0.3) is 0 Å². The number of alkyl halides is 3. The van der Waals surface area contributed by atoms with E-state index >= 15 is 0 Å². The highest BCUT2D eigenvalue weighted by Gasteiger charge is 2.59. The Balaban J connectivity index is 2.13. The van der Waals surface area contributed by atoms with Crippen LogP contribution in [0, 0.1) is 6.92 Å². The molecule has 0 atom stereocenters. The molecule has 2 rings (SSSR count). The topological polar surface area (TPSA) is 57.3 Å². The van der Waals surface area contributed by atoms with Gasteiger partial charge < -0.3 is 15.5 Å². The van der Waals surface area contributed by atoms with Gasteiger partial charge in [-0.3, -0.25) is 0 Å². The van der Waals surface area contributed by atoms with Crippen molar-refractivity contribution < 1.29 is 18.0 Å². The highest BCUT2D eigenvalue weighted by atomic mass is 19.4. The zero-order chi connectivity index (χ0) is 16.5. The number of nitrogens with zero attached hydrogens (tertiary/aromatic N) is 2. The predicted octanol–water partition coefficient (Wildman–Crippen LogP) is 3.06. The molecule has 2 amide bonds. The molecule has 8 heteroatoms. The molecule has 0 aromatic carbocycles. The van der Waals surface area contributed by atoms with Crippen molar-refractivity contribution in [3.05, 3.63) is 17.8 Å². The highest BCUT2D eigenvalue weighted by molar-refractivity contribution is 5.93. The maximum Gasteiger partial charge on any atom is 0.411 e. The van der Waals surface area contributed by atoms with Gasteiger partial charge in [-0.25, -0.2) is 9.78 Å². The minimum atomic E-state index is -4.45. The number of aromatic nitrogens is 1. The van der Waals surface area contributed by atoms with Crippen LogP contribution < -0.4 is 15.5 Å². The number of carbonyl (C=O) groups is 1. The smallest absolute Gasteiger partial charge is 0.361 e. The van der Waals surface area contributed by atoms with Gasteiger partial charge in [0.05, 0.1) is 5.69 Å². The summed E-state index contributed by atoms with van der Waals surface area (Å²) in [5.74, 6) is 0.491. The average Bonchev–Trinajstić information content (AvgIpc) is 2.34. The first-order chi connectivity index (χ1) is 10.1. The van der Waals surface area contributed by atoms with Crippen molar-refractivity contribution in [1.29, 1.82) is 0 Å². The second-order valence-corrected chi connectivity index (χ2v) is 5.73. The molecule has 1 aromatic heterocycles. The van der Waals surface area contributed by atoms with E-state index in [9.17, 15) is 18.0 Å². The summed E-state index contributed by atoms with van der Waals surface area (Å²) >= 11 is 0. The van der Waals surface area contributed by atoms with Crippen LogP contribution in [0.3, 0.4) is 0 Å². The van der Waals surface area contributed by atoms with Gasteiger partial charge in [0.1, 0.15) is 5.54 Å². The number of anilines is 2. The molecule has 1 aliphatic carbocycles. The van der Waals surface area contributed by atoms with Crippen LogP contribution in [-0.2, 0) is 0 Å². The molecular weight excluding hydrogens is 297 g/mol. The van der Waals surface area contributed by atoms with E-state index in [1.807, 2.05) is 0 Å². The van der Waals surface area contributed by atoms with E-state index in [1.54, 1.807) is 38.1 Å². The summed E-state index contributed by atoms with van der Waals surface area (Å²) in [6, 6.07) is 2.44. The molecule has 5 nitrogen and oxygen atoms in total. The van der Waals surface area contributed by atoms with Crippen LogP contribution in [-0.4, -0.2) is 36.8 Å². The summed E-state index contributed by atoms with van der Waals surface area (Å²) in [5.41, 5.74) is -0.988. The Hall–Kier alpha value is -1.99. The maximum absolute atomic E-state index is 13.1. The summed E-state index contributed by atoms with van der Waals surface area (Å²) in [6.45, 7) is 1.80. The maximum atomic E-state index is 13.1. The molecule has 0 aliphatic heterocycles. The number of urea groups is 1. The lowest BCUT2D eigenvalue weighted by molar-refractivity contribution is -0.214. The lowest BCUT2D eigenvalue weighted by Crippen LogP contribution is -2.63. The Kier molecular flexibility index (Phi) is 4.21. The van der Waals surface area contributed by atoms with E-state index in [2.05, 4.69) is 15.6 Å². The third-order valence-electron chi connectivity index (χ3n) is 3.79. The molecule has 122 valence electrons. The standard InChI is InChI=1S/C14H19F3N4O/c1-9-5-6-10(11(18-9)21(2)3)19-12(22)20-13(7-4-8-13)14(15,16)17/h5-6H,4,7-8H2,1-3H3,(H2,19,20,22). The molecule has 1 aromatic rings. The second-order valence-electron chi connectivity index (χ2n) is 5.73. The molecule has 0 spiro atoms. The number of rotatable bonds is 3. The Morgan fingerprint density at radius 1 is 1.32 bits per heavy atom. The fourth-order valence-electron chi connectivity index (χ4n) is 2.36. The highest BCUT2D eigenvalue weighted by Crippen LogP contribution is 2.45. The van der Waals surface area contributed by atoms with E-state index in [0.717, 1.165) is 5.69 Å². The number of aryl methyl sites for hydroxylation is 1. The summed E-state index contributed by atoms with van der Waals surface area (Å²) in [5, 5.41) is 4.54. The summed E-state index contributed by atoms with van der Waals surface area (Å²) < 4.78 is 39.2. The number of nitrogens with one attached hydrogen (secondary N) is 2. The third kappa shape index (κ3) is 3.10. The normalized spacial score (nSPS) is 16.6. The molecule has 1 heterocycles. The molecule has 22 heavy (non-hydrogen) atoms. The average molecular weight is 316 g/mol. The SMILES string of the molecule is Cc1ccc(NC(=O)NC2(C(F)(F)F)CCC2)c(N(C)C)n1. The minimum Gasteiger partial charge on any atom is -0.361 e. The van der Waals surface area contributed by atoms with E-state index in [-0.39, 0.29) is 12.8 Å². The van der Waals surface area contributed by atoms with Gasteiger partial charge in [-0.2, -0.15) is 13.2 Å². The first kappa shape index (κ1) is 16.4. The van der Waals surface area contributed by atoms with Crippen molar-refractivity contribution in [2.24, 2.45) is 0 Å². The quantitative estimate of drug-likeness (QED) is 0.901. The zero-order valence-electron chi connectivity index (χ0n) is 12.7. The fraction of sp³-hybridized carbons (Fsp3) is 0.571. The van der Waals surface area contributed by atoms with Crippen molar-refractivity contribution >= 4 is 17.5 Å². The fourth-order valence-corrected chi connectivity index (χ4v) is 2.36. The molecule has 0 saturated heterocycles. The van der Waals surface area contributed by atoms with Crippen LogP contribution in [0.5, 0.6) is 0 Å². The number of hydrogen-bond acceptors (Lipinski definition) is 3. The first-order valence-electron chi connectivity index (χ1n) is 6.95. The number of pyridine rings is 1. The van der Waals surface area contributed by atoms with Crippen LogP contribution in [0.25, 0.3) is 0 Å². The molecular formula is C14H19F3N4O.